The van der Waals surface area contributed by atoms with Crippen molar-refractivity contribution in [2.75, 3.05) is 50.8 Å². The van der Waals surface area contributed by atoms with Crippen LogP contribution < -0.4 is 4.90 Å². The van der Waals surface area contributed by atoms with Crippen LogP contribution >= 0.6 is 0 Å². The van der Waals surface area contributed by atoms with Crippen LogP contribution in [0.5, 0.6) is 0 Å². The van der Waals surface area contributed by atoms with Gasteiger partial charge in [0.1, 0.15) is 5.82 Å². The van der Waals surface area contributed by atoms with Crippen molar-refractivity contribution in [3.05, 3.63) is 72.0 Å². The maximum atomic E-state index is 14.0. The van der Waals surface area contributed by atoms with E-state index < -0.39 is 0 Å². The average Bonchev–Trinajstić information content (AvgIpc) is 3.12. The van der Waals surface area contributed by atoms with Gasteiger partial charge in [-0.3, -0.25) is 4.90 Å². The van der Waals surface area contributed by atoms with Crippen molar-refractivity contribution in [1.82, 2.24) is 14.5 Å². The van der Waals surface area contributed by atoms with Crippen LogP contribution in [0, 0.1) is 12.7 Å². The summed E-state index contributed by atoms with van der Waals surface area (Å²) in [5.41, 5.74) is 8.64. The monoisotopic (exact) mass is 508 g/mol. The second-order valence-corrected chi connectivity index (χ2v) is 10.7. The highest BCUT2D eigenvalue weighted by atomic mass is 19.1. The Labute approximate surface area is 222 Å². The Balaban J connectivity index is 1.37. The number of pyridine rings is 1. The van der Waals surface area contributed by atoms with E-state index >= 15 is 0 Å². The van der Waals surface area contributed by atoms with Gasteiger partial charge in [-0.15, -0.1) is 0 Å². The summed E-state index contributed by atoms with van der Waals surface area (Å²) >= 11 is 0. The van der Waals surface area contributed by atoms with Crippen LogP contribution in [0.15, 0.2) is 60.7 Å². The molecule has 1 saturated heterocycles. The Morgan fingerprint density at radius 3 is 2.55 bits per heavy atom. The zero-order valence-electron chi connectivity index (χ0n) is 21.9. The molecule has 0 saturated carbocycles. The van der Waals surface area contributed by atoms with E-state index in [1.165, 1.54) is 27.5 Å². The number of aromatic nitrogens is 2. The van der Waals surface area contributed by atoms with E-state index in [9.17, 15) is 4.39 Å². The van der Waals surface area contributed by atoms with E-state index in [4.69, 9.17) is 9.72 Å². The summed E-state index contributed by atoms with van der Waals surface area (Å²) in [6.45, 7) is 9.71. The van der Waals surface area contributed by atoms with Gasteiger partial charge in [-0.05, 0) is 60.7 Å². The predicted molar refractivity (Wildman–Crippen MR) is 154 cm³/mol. The van der Waals surface area contributed by atoms with Crippen LogP contribution in [-0.2, 0) is 11.3 Å². The summed E-state index contributed by atoms with van der Waals surface area (Å²) in [5, 5.41) is 2.40. The maximum absolute atomic E-state index is 14.0. The van der Waals surface area contributed by atoms with E-state index in [1.54, 1.807) is 6.07 Å². The number of benzene rings is 3. The van der Waals surface area contributed by atoms with Gasteiger partial charge in [-0.2, -0.15) is 0 Å². The van der Waals surface area contributed by atoms with Crippen LogP contribution in [0.1, 0.15) is 18.4 Å². The van der Waals surface area contributed by atoms with E-state index in [0.717, 1.165) is 87.5 Å². The topological polar surface area (TPSA) is 33.5 Å². The Morgan fingerprint density at radius 1 is 0.868 bits per heavy atom. The lowest BCUT2D eigenvalue weighted by Crippen LogP contribution is -2.38. The van der Waals surface area contributed by atoms with Crippen LogP contribution in [0.25, 0.3) is 44.0 Å². The summed E-state index contributed by atoms with van der Waals surface area (Å²) < 4.78 is 22.0. The first-order valence-corrected chi connectivity index (χ1v) is 13.8. The molecule has 1 fully saturated rings. The number of para-hydroxylation sites is 1. The number of anilines is 1. The quantitative estimate of drug-likeness (QED) is 0.276. The Hall–Kier alpha value is -3.48. The zero-order valence-corrected chi connectivity index (χ0v) is 21.9. The molecule has 0 spiro atoms. The fourth-order valence-corrected chi connectivity index (χ4v) is 6.33. The highest BCUT2D eigenvalue weighted by Crippen LogP contribution is 2.41. The molecule has 2 aliphatic heterocycles. The number of fused-ring (bicyclic) bond motifs is 5. The minimum atomic E-state index is -0.171. The third kappa shape index (κ3) is 4.03. The number of nitrogens with zero attached hydrogens (tertiary/aromatic N) is 4. The Bertz CT molecular complexity index is 1650. The summed E-state index contributed by atoms with van der Waals surface area (Å²) in [7, 11) is 0. The number of aryl methyl sites for hydroxylation is 2. The van der Waals surface area contributed by atoms with Gasteiger partial charge < -0.3 is 14.2 Å². The lowest BCUT2D eigenvalue weighted by atomic mass is 10.0. The van der Waals surface area contributed by atoms with Gasteiger partial charge in [0.05, 0.1) is 41.0 Å². The van der Waals surface area contributed by atoms with Gasteiger partial charge in [-0.25, -0.2) is 9.37 Å². The molecular formula is C32H33FN4O. The molecule has 4 heterocycles. The third-order valence-electron chi connectivity index (χ3n) is 8.28. The predicted octanol–water partition coefficient (Wildman–Crippen LogP) is 6.39. The molecule has 2 aromatic heterocycles. The second-order valence-electron chi connectivity index (χ2n) is 10.7. The number of hydrogen-bond donors (Lipinski definition) is 0. The van der Waals surface area contributed by atoms with Crippen molar-refractivity contribution in [1.29, 1.82) is 0 Å². The molecule has 0 N–H and O–H groups in total. The van der Waals surface area contributed by atoms with E-state index in [-0.39, 0.29) is 5.82 Å². The van der Waals surface area contributed by atoms with Gasteiger partial charge in [0.15, 0.2) is 0 Å². The molecule has 0 atom stereocenters. The van der Waals surface area contributed by atoms with Crippen LogP contribution in [-0.4, -0.2) is 60.4 Å². The molecule has 5 nitrogen and oxygen atoms in total. The van der Waals surface area contributed by atoms with Gasteiger partial charge in [-0.1, -0.05) is 36.4 Å². The van der Waals surface area contributed by atoms with Gasteiger partial charge in [0, 0.05) is 50.0 Å². The molecule has 38 heavy (non-hydrogen) atoms. The molecule has 3 aromatic carbocycles. The number of morpholine rings is 1. The van der Waals surface area contributed by atoms with Crippen molar-refractivity contribution >= 4 is 38.5 Å². The van der Waals surface area contributed by atoms with Crippen molar-refractivity contribution in [3.63, 3.8) is 0 Å². The molecule has 0 radical (unpaired) electrons. The molecule has 6 heteroatoms. The normalized spacial score (nSPS) is 16.5. The Morgan fingerprint density at radius 2 is 1.68 bits per heavy atom. The van der Waals surface area contributed by atoms with Crippen molar-refractivity contribution in [3.8, 4) is 11.1 Å². The van der Waals surface area contributed by atoms with Crippen LogP contribution in [0.4, 0.5) is 10.1 Å². The molecule has 0 aliphatic carbocycles. The molecule has 0 bridgehead atoms. The van der Waals surface area contributed by atoms with Crippen LogP contribution in [0.3, 0.4) is 0 Å². The fraction of sp³-hybridized carbons (Fsp3) is 0.344. The summed E-state index contributed by atoms with van der Waals surface area (Å²) in [5.74, 6) is -0.171. The van der Waals surface area contributed by atoms with Crippen molar-refractivity contribution < 1.29 is 9.13 Å². The second kappa shape index (κ2) is 9.68. The molecule has 0 amide bonds. The van der Waals surface area contributed by atoms with Crippen molar-refractivity contribution in [2.24, 2.45) is 0 Å². The first-order chi connectivity index (χ1) is 18.7. The van der Waals surface area contributed by atoms with E-state index in [1.807, 2.05) is 19.1 Å². The first-order valence-electron chi connectivity index (χ1n) is 13.8. The number of rotatable bonds is 5. The largest absolute Gasteiger partial charge is 0.379 e. The Kier molecular flexibility index (Phi) is 6.02. The fourth-order valence-electron chi connectivity index (χ4n) is 6.33. The molecule has 5 aromatic rings. The standard InChI is InChI=1S/C32H33FN4O/c1-22-20-23(9-11-27(22)33)24-8-10-25-28(21-24)34-30-26-6-2-3-7-29(26)37-15-5-14-36(31(25)32(30)37)13-4-12-35-16-18-38-19-17-35/h2-3,6-11,20-21H,4-5,12-19H2,1H3. The molecule has 0 unspecified atom stereocenters. The number of halogens is 1. The molecule has 194 valence electrons. The molecule has 7 rings (SSSR count). The highest BCUT2D eigenvalue weighted by molar-refractivity contribution is 6.17. The first kappa shape index (κ1) is 23.6. The SMILES string of the molecule is Cc1cc(-c2ccc3c4c5c(nc3c2)c2ccccc2n5CCCN4CCCN2CCOCC2)ccc1F. The average molecular weight is 509 g/mol. The lowest BCUT2D eigenvalue weighted by Gasteiger charge is -2.29. The summed E-state index contributed by atoms with van der Waals surface area (Å²) in [6, 6.07) is 20.6. The number of ether oxygens (including phenoxy) is 1. The van der Waals surface area contributed by atoms with Crippen molar-refractivity contribution in [2.45, 2.75) is 26.3 Å². The third-order valence-corrected chi connectivity index (χ3v) is 8.28. The minimum absolute atomic E-state index is 0.171. The summed E-state index contributed by atoms with van der Waals surface area (Å²) in [6.07, 6.45) is 2.23. The smallest absolute Gasteiger partial charge is 0.126 e. The zero-order chi connectivity index (χ0) is 25.6. The maximum Gasteiger partial charge on any atom is 0.126 e. The van der Waals surface area contributed by atoms with Gasteiger partial charge >= 0.3 is 0 Å². The van der Waals surface area contributed by atoms with E-state index in [0.29, 0.717) is 5.56 Å². The molecule has 2 aliphatic rings. The minimum Gasteiger partial charge on any atom is -0.379 e. The van der Waals surface area contributed by atoms with Gasteiger partial charge in [0.2, 0.25) is 0 Å². The number of hydrogen-bond acceptors (Lipinski definition) is 4. The molecular weight excluding hydrogens is 475 g/mol. The van der Waals surface area contributed by atoms with E-state index in [2.05, 4.69) is 56.8 Å². The lowest BCUT2D eigenvalue weighted by molar-refractivity contribution is 0.0376. The summed E-state index contributed by atoms with van der Waals surface area (Å²) in [4.78, 5) is 10.4. The van der Waals surface area contributed by atoms with Gasteiger partial charge in [0.25, 0.3) is 0 Å². The highest BCUT2D eigenvalue weighted by Gasteiger charge is 2.25. The van der Waals surface area contributed by atoms with Crippen LogP contribution in [0.2, 0.25) is 0 Å².